The van der Waals surface area contributed by atoms with Crippen molar-refractivity contribution in [1.29, 1.82) is 0 Å². The largest absolute Gasteiger partial charge is 0.288 e. The van der Waals surface area contributed by atoms with Crippen LogP contribution in [0.5, 0.6) is 0 Å². The molecule has 1 nitrogen and oxygen atoms in total. The van der Waals surface area contributed by atoms with E-state index in [9.17, 15) is 18.0 Å². The van der Waals surface area contributed by atoms with Crippen LogP contribution in [0.3, 0.4) is 0 Å². The number of benzene rings is 2. The molecule has 0 saturated heterocycles. The Morgan fingerprint density at radius 2 is 1.56 bits per heavy atom. The van der Waals surface area contributed by atoms with Gasteiger partial charge in [-0.25, -0.2) is 13.2 Å². The summed E-state index contributed by atoms with van der Waals surface area (Å²) in [7, 11) is 0. The van der Waals surface area contributed by atoms with E-state index in [2.05, 4.69) is 0 Å². The van der Waals surface area contributed by atoms with Gasteiger partial charge in [0.15, 0.2) is 5.78 Å². The zero-order chi connectivity index (χ0) is 13.3. The minimum absolute atomic E-state index is 0.183. The molecule has 0 N–H and O–H groups in total. The fourth-order valence-electron chi connectivity index (χ4n) is 1.54. The molecule has 0 amide bonds. The number of halogens is 4. The van der Waals surface area contributed by atoms with Crippen molar-refractivity contribution >= 4 is 28.4 Å². The third kappa shape index (κ3) is 2.40. The van der Waals surface area contributed by atoms with Crippen molar-refractivity contribution in [3.8, 4) is 0 Å². The maximum Gasteiger partial charge on any atom is 0.200 e. The van der Waals surface area contributed by atoms with Crippen molar-refractivity contribution in [1.82, 2.24) is 0 Å². The van der Waals surface area contributed by atoms with Gasteiger partial charge in [-0.05, 0) is 34.7 Å². The maximum atomic E-state index is 13.5. The van der Waals surface area contributed by atoms with E-state index < -0.39 is 28.8 Å². The SMILES string of the molecule is O=C(c1ccccc1I)c1c(F)cc(F)cc1F. The number of hydrogen-bond acceptors (Lipinski definition) is 1. The Balaban J connectivity index is 2.57. The summed E-state index contributed by atoms with van der Waals surface area (Å²) in [5, 5.41) is 0. The van der Waals surface area contributed by atoms with E-state index in [0.717, 1.165) is 0 Å². The van der Waals surface area contributed by atoms with Gasteiger partial charge in [-0.2, -0.15) is 0 Å². The van der Waals surface area contributed by atoms with Gasteiger partial charge < -0.3 is 0 Å². The minimum Gasteiger partial charge on any atom is -0.288 e. The van der Waals surface area contributed by atoms with Crippen LogP contribution in [-0.2, 0) is 0 Å². The molecule has 2 rings (SSSR count). The van der Waals surface area contributed by atoms with E-state index in [1.165, 1.54) is 6.07 Å². The van der Waals surface area contributed by atoms with Crippen LogP contribution >= 0.6 is 22.6 Å². The standard InChI is InChI=1S/C13H6F3IO/c14-7-5-9(15)12(10(16)6-7)13(18)8-3-1-2-4-11(8)17/h1-6H. The summed E-state index contributed by atoms with van der Waals surface area (Å²) in [4.78, 5) is 12.0. The molecule has 2 aromatic carbocycles. The first kappa shape index (κ1) is 13.1. The summed E-state index contributed by atoms with van der Waals surface area (Å²) in [6, 6.07) is 7.39. The highest BCUT2D eigenvalue weighted by Gasteiger charge is 2.21. The summed E-state index contributed by atoms with van der Waals surface area (Å²) >= 11 is 1.89. The van der Waals surface area contributed by atoms with Crippen LogP contribution < -0.4 is 0 Å². The molecule has 0 atom stereocenters. The molecule has 92 valence electrons. The van der Waals surface area contributed by atoms with Crippen molar-refractivity contribution in [2.75, 3.05) is 0 Å². The van der Waals surface area contributed by atoms with E-state index in [-0.39, 0.29) is 5.56 Å². The van der Waals surface area contributed by atoms with Crippen LogP contribution in [0.25, 0.3) is 0 Å². The van der Waals surface area contributed by atoms with Crippen molar-refractivity contribution in [2.24, 2.45) is 0 Å². The molecule has 0 aliphatic carbocycles. The molecule has 0 radical (unpaired) electrons. The molecular formula is C13H6F3IO. The highest BCUT2D eigenvalue weighted by Crippen LogP contribution is 2.21. The first-order valence-electron chi connectivity index (χ1n) is 4.94. The van der Waals surface area contributed by atoms with Crippen LogP contribution in [0.2, 0.25) is 0 Å². The second kappa shape index (κ2) is 5.09. The van der Waals surface area contributed by atoms with Crippen molar-refractivity contribution in [2.45, 2.75) is 0 Å². The zero-order valence-electron chi connectivity index (χ0n) is 8.88. The molecule has 5 heteroatoms. The second-order valence-corrected chi connectivity index (χ2v) is 4.72. The van der Waals surface area contributed by atoms with Crippen LogP contribution in [0.15, 0.2) is 36.4 Å². The lowest BCUT2D eigenvalue weighted by molar-refractivity contribution is 0.103. The van der Waals surface area contributed by atoms with Gasteiger partial charge in [0.25, 0.3) is 0 Å². The minimum atomic E-state index is -1.20. The third-order valence-electron chi connectivity index (χ3n) is 2.35. The van der Waals surface area contributed by atoms with Gasteiger partial charge in [-0.15, -0.1) is 0 Å². The van der Waals surface area contributed by atoms with Gasteiger partial charge in [0.1, 0.15) is 17.5 Å². The normalized spacial score (nSPS) is 10.4. The molecule has 0 aromatic heterocycles. The second-order valence-electron chi connectivity index (χ2n) is 3.55. The van der Waals surface area contributed by atoms with Gasteiger partial charge in [0.05, 0.1) is 5.56 Å². The van der Waals surface area contributed by atoms with Gasteiger partial charge in [0, 0.05) is 21.3 Å². The summed E-state index contributed by atoms with van der Waals surface area (Å²) in [5.41, 5.74) is -0.553. The lowest BCUT2D eigenvalue weighted by Crippen LogP contribution is -2.09. The number of carbonyl (C=O) groups excluding carboxylic acids is 1. The van der Waals surface area contributed by atoms with Crippen LogP contribution in [-0.4, -0.2) is 5.78 Å². The topological polar surface area (TPSA) is 17.1 Å². The third-order valence-corrected chi connectivity index (χ3v) is 3.29. The first-order chi connectivity index (χ1) is 8.50. The maximum absolute atomic E-state index is 13.5. The Kier molecular flexibility index (Phi) is 3.70. The molecule has 18 heavy (non-hydrogen) atoms. The Morgan fingerprint density at radius 1 is 1.00 bits per heavy atom. The molecule has 0 unspecified atom stereocenters. The van der Waals surface area contributed by atoms with Crippen molar-refractivity contribution in [3.05, 3.63) is 68.5 Å². The van der Waals surface area contributed by atoms with Crippen LogP contribution in [0, 0.1) is 21.0 Å². The van der Waals surface area contributed by atoms with Crippen LogP contribution in [0.4, 0.5) is 13.2 Å². The van der Waals surface area contributed by atoms with Gasteiger partial charge >= 0.3 is 0 Å². The summed E-state index contributed by atoms with van der Waals surface area (Å²) in [6.45, 7) is 0. The fraction of sp³-hybridized carbons (Fsp3) is 0. The molecule has 0 bridgehead atoms. The monoisotopic (exact) mass is 362 g/mol. The highest BCUT2D eigenvalue weighted by atomic mass is 127. The average molecular weight is 362 g/mol. The fourth-order valence-corrected chi connectivity index (χ4v) is 2.17. The Bertz CT molecular complexity index is 602. The van der Waals surface area contributed by atoms with Crippen molar-refractivity contribution in [3.63, 3.8) is 0 Å². The smallest absolute Gasteiger partial charge is 0.200 e. The molecule has 0 aliphatic rings. The number of carbonyl (C=O) groups is 1. The Labute approximate surface area is 115 Å². The van der Waals surface area contributed by atoms with E-state index in [0.29, 0.717) is 15.7 Å². The average Bonchev–Trinajstić information content (AvgIpc) is 2.27. The Hall–Kier alpha value is -1.37. The lowest BCUT2D eigenvalue weighted by atomic mass is 10.0. The molecule has 0 fully saturated rings. The number of hydrogen-bond donors (Lipinski definition) is 0. The zero-order valence-corrected chi connectivity index (χ0v) is 11.0. The highest BCUT2D eigenvalue weighted by molar-refractivity contribution is 14.1. The molecule has 2 aromatic rings. The predicted molar refractivity (Wildman–Crippen MR) is 68.9 cm³/mol. The number of rotatable bonds is 2. The molecule has 0 heterocycles. The van der Waals surface area contributed by atoms with E-state index in [1.54, 1.807) is 18.2 Å². The molecule has 0 aliphatic heterocycles. The van der Waals surface area contributed by atoms with Gasteiger partial charge in [-0.1, -0.05) is 12.1 Å². The van der Waals surface area contributed by atoms with Gasteiger partial charge in [0.2, 0.25) is 0 Å². The van der Waals surface area contributed by atoms with E-state index >= 15 is 0 Å². The number of ketones is 1. The van der Waals surface area contributed by atoms with Crippen molar-refractivity contribution < 1.29 is 18.0 Å². The summed E-state index contributed by atoms with van der Waals surface area (Å²) in [6.07, 6.45) is 0. The summed E-state index contributed by atoms with van der Waals surface area (Å²) < 4.78 is 40.3. The predicted octanol–water partition coefficient (Wildman–Crippen LogP) is 3.94. The lowest BCUT2D eigenvalue weighted by Gasteiger charge is -2.06. The van der Waals surface area contributed by atoms with Crippen LogP contribution in [0.1, 0.15) is 15.9 Å². The molecule has 0 spiro atoms. The summed E-state index contributed by atoms with van der Waals surface area (Å²) in [5.74, 6) is -4.24. The molecule has 0 saturated carbocycles. The van der Waals surface area contributed by atoms with E-state index in [1.807, 2.05) is 22.6 Å². The quantitative estimate of drug-likeness (QED) is 0.584. The first-order valence-corrected chi connectivity index (χ1v) is 6.02. The molecular weight excluding hydrogens is 356 g/mol. The van der Waals surface area contributed by atoms with E-state index in [4.69, 9.17) is 0 Å². The van der Waals surface area contributed by atoms with Gasteiger partial charge in [-0.3, -0.25) is 4.79 Å². The Morgan fingerprint density at radius 3 is 2.11 bits per heavy atom.